The van der Waals surface area contributed by atoms with Crippen molar-refractivity contribution in [2.45, 2.75) is 44.2 Å². The SMILES string of the molecule is CN1CCCC1CNC1CCCc2ccc(O)cc21. The van der Waals surface area contributed by atoms with Crippen LogP contribution >= 0.6 is 0 Å². The van der Waals surface area contributed by atoms with E-state index in [0.717, 1.165) is 13.0 Å². The number of phenolic OH excluding ortho intramolecular Hbond substituents is 1. The summed E-state index contributed by atoms with van der Waals surface area (Å²) in [5.74, 6) is 0.394. The molecular weight excluding hydrogens is 236 g/mol. The monoisotopic (exact) mass is 260 g/mol. The number of aryl methyl sites for hydroxylation is 1. The molecule has 1 heterocycles. The minimum Gasteiger partial charge on any atom is -0.508 e. The zero-order valence-electron chi connectivity index (χ0n) is 11.7. The molecule has 2 N–H and O–H groups in total. The van der Waals surface area contributed by atoms with Crippen LogP contribution in [-0.2, 0) is 6.42 Å². The molecule has 1 aliphatic carbocycles. The summed E-state index contributed by atoms with van der Waals surface area (Å²) < 4.78 is 0. The van der Waals surface area contributed by atoms with Gasteiger partial charge in [0.15, 0.2) is 0 Å². The second-order valence-corrected chi connectivity index (χ2v) is 6.01. The zero-order chi connectivity index (χ0) is 13.2. The first kappa shape index (κ1) is 12.9. The standard InChI is InChI=1S/C16H24N2O/c1-18-9-3-5-13(18)11-17-16-6-2-4-12-7-8-14(19)10-15(12)16/h7-8,10,13,16-17,19H,2-6,9,11H2,1H3. The maximum atomic E-state index is 9.69. The molecule has 3 heteroatoms. The zero-order valence-corrected chi connectivity index (χ0v) is 11.7. The Hall–Kier alpha value is -1.06. The lowest BCUT2D eigenvalue weighted by atomic mass is 9.87. The van der Waals surface area contributed by atoms with Crippen molar-refractivity contribution >= 4 is 0 Å². The molecule has 1 aromatic rings. The van der Waals surface area contributed by atoms with Crippen molar-refractivity contribution in [3.05, 3.63) is 29.3 Å². The normalized spacial score (nSPS) is 27.4. The summed E-state index contributed by atoms with van der Waals surface area (Å²) in [5.41, 5.74) is 2.72. The first-order valence-electron chi connectivity index (χ1n) is 7.49. The summed E-state index contributed by atoms with van der Waals surface area (Å²) in [5, 5.41) is 13.4. The van der Waals surface area contributed by atoms with Crippen molar-refractivity contribution in [1.82, 2.24) is 10.2 Å². The number of nitrogens with zero attached hydrogens (tertiary/aromatic N) is 1. The highest BCUT2D eigenvalue weighted by atomic mass is 16.3. The quantitative estimate of drug-likeness (QED) is 0.876. The van der Waals surface area contributed by atoms with E-state index in [1.54, 1.807) is 0 Å². The van der Waals surface area contributed by atoms with Crippen LogP contribution in [0.25, 0.3) is 0 Å². The van der Waals surface area contributed by atoms with Crippen LogP contribution in [-0.4, -0.2) is 36.2 Å². The lowest BCUT2D eigenvalue weighted by molar-refractivity contribution is 0.286. The molecule has 1 fully saturated rings. The number of benzene rings is 1. The molecule has 104 valence electrons. The van der Waals surface area contributed by atoms with Gasteiger partial charge in [0.2, 0.25) is 0 Å². The number of rotatable bonds is 3. The van der Waals surface area contributed by atoms with E-state index >= 15 is 0 Å². The van der Waals surface area contributed by atoms with E-state index in [0.29, 0.717) is 17.8 Å². The average Bonchev–Trinajstić information content (AvgIpc) is 2.82. The third-order valence-electron chi connectivity index (χ3n) is 4.72. The van der Waals surface area contributed by atoms with E-state index in [2.05, 4.69) is 23.3 Å². The van der Waals surface area contributed by atoms with Crippen LogP contribution in [0.3, 0.4) is 0 Å². The van der Waals surface area contributed by atoms with Gasteiger partial charge in [-0.15, -0.1) is 0 Å². The second kappa shape index (κ2) is 5.51. The highest BCUT2D eigenvalue weighted by molar-refractivity contribution is 5.38. The van der Waals surface area contributed by atoms with Gasteiger partial charge in [-0.25, -0.2) is 0 Å². The van der Waals surface area contributed by atoms with Crippen molar-refractivity contribution in [3.63, 3.8) is 0 Å². The first-order valence-corrected chi connectivity index (χ1v) is 7.49. The van der Waals surface area contributed by atoms with Crippen molar-refractivity contribution in [2.24, 2.45) is 0 Å². The molecule has 0 saturated carbocycles. The van der Waals surface area contributed by atoms with E-state index in [9.17, 15) is 5.11 Å². The summed E-state index contributed by atoms with van der Waals surface area (Å²) in [4.78, 5) is 2.46. The van der Waals surface area contributed by atoms with Crippen molar-refractivity contribution in [2.75, 3.05) is 20.1 Å². The number of phenols is 1. The minimum absolute atomic E-state index is 0.394. The molecule has 1 saturated heterocycles. The highest BCUT2D eigenvalue weighted by Crippen LogP contribution is 2.32. The maximum absolute atomic E-state index is 9.69. The third-order valence-corrected chi connectivity index (χ3v) is 4.72. The van der Waals surface area contributed by atoms with Gasteiger partial charge in [0.25, 0.3) is 0 Å². The van der Waals surface area contributed by atoms with Gasteiger partial charge < -0.3 is 15.3 Å². The molecule has 0 amide bonds. The van der Waals surface area contributed by atoms with E-state index in [1.165, 1.54) is 43.4 Å². The highest BCUT2D eigenvalue weighted by Gasteiger charge is 2.24. The molecule has 3 nitrogen and oxygen atoms in total. The van der Waals surface area contributed by atoms with Crippen LogP contribution in [0.1, 0.15) is 42.9 Å². The lowest BCUT2D eigenvalue weighted by Gasteiger charge is -2.29. The molecule has 19 heavy (non-hydrogen) atoms. The van der Waals surface area contributed by atoms with E-state index in [4.69, 9.17) is 0 Å². The van der Waals surface area contributed by atoms with E-state index in [-0.39, 0.29) is 0 Å². The summed E-state index contributed by atoms with van der Waals surface area (Å²) >= 11 is 0. The van der Waals surface area contributed by atoms with Gasteiger partial charge in [0, 0.05) is 18.6 Å². The van der Waals surface area contributed by atoms with Gasteiger partial charge in [-0.05, 0) is 69.0 Å². The average molecular weight is 260 g/mol. The lowest BCUT2D eigenvalue weighted by Crippen LogP contribution is -2.38. The maximum Gasteiger partial charge on any atom is 0.115 e. The minimum atomic E-state index is 0.394. The van der Waals surface area contributed by atoms with Gasteiger partial charge in [0.05, 0.1) is 0 Å². The van der Waals surface area contributed by atoms with Gasteiger partial charge in [-0.2, -0.15) is 0 Å². The molecule has 3 rings (SSSR count). The first-order chi connectivity index (χ1) is 9.24. The number of likely N-dealkylation sites (tertiary alicyclic amines) is 1. The number of hydrogen-bond donors (Lipinski definition) is 2. The largest absolute Gasteiger partial charge is 0.508 e. The Labute approximate surface area is 115 Å². The second-order valence-electron chi connectivity index (χ2n) is 6.01. The van der Waals surface area contributed by atoms with Crippen LogP contribution in [0, 0.1) is 0 Å². The fourth-order valence-corrected chi connectivity index (χ4v) is 3.51. The van der Waals surface area contributed by atoms with Crippen LogP contribution in [0.5, 0.6) is 5.75 Å². The molecular formula is C16H24N2O. The van der Waals surface area contributed by atoms with Crippen LogP contribution in [0.2, 0.25) is 0 Å². The molecule has 1 aromatic carbocycles. The van der Waals surface area contributed by atoms with Gasteiger partial charge in [0.1, 0.15) is 5.75 Å². The molecule has 2 aliphatic rings. The number of hydrogen-bond acceptors (Lipinski definition) is 3. The van der Waals surface area contributed by atoms with Gasteiger partial charge in [-0.1, -0.05) is 6.07 Å². The van der Waals surface area contributed by atoms with Crippen molar-refractivity contribution in [3.8, 4) is 5.75 Å². The van der Waals surface area contributed by atoms with E-state index in [1.807, 2.05) is 12.1 Å². The summed E-state index contributed by atoms with van der Waals surface area (Å²) in [7, 11) is 2.22. The third kappa shape index (κ3) is 2.77. The predicted molar refractivity (Wildman–Crippen MR) is 77.4 cm³/mol. The fourth-order valence-electron chi connectivity index (χ4n) is 3.51. The van der Waals surface area contributed by atoms with Crippen molar-refractivity contribution < 1.29 is 5.11 Å². The number of aromatic hydroxyl groups is 1. The summed E-state index contributed by atoms with van der Waals surface area (Å²) in [6, 6.07) is 6.95. The molecule has 0 aromatic heterocycles. The Morgan fingerprint density at radius 1 is 1.32 bits per heavy atom. The van der Waals surface area contributed by atoms with Gasteiger partial charge in [-0.3, -0.25) is 0 Å². The molecule has 2 unspecified atom stereocenters. The Kier molecular flexibility index (Phi) is 3.76. The Morgan fingerprint density at radius 2 is 2.21 bits per heavy atom. The molecule has 2 atom stereocenters. The molecule has 0 bridgehead atoms. The van der Waals surface area contributed by atoms with Crippen molar-refractivity contribution in [1.29, 1.82) is 0 Å². The number of nitrogens with one attached hydrogen (secondary N) is 1. The predicted octanol–water partition coefficient (Wildman–Crippen LogP) is 2.45. The Morgan fingerprint density at radius 3 is 3.00 bits per heavy atom. The molecule has 1 aliphatic heterocycles. The van der Waals surface area contributed by atoms with Crippen LogP contribution in [0.4, 0.5) is 0 Å². The summed E-state index contributed by atoms with van der Waals surface area (Å²) in [6.07, 6.45) is 6.22. The topological polar surface area (TPSA) is 35.5 Å². The van der Waals surface area contributed by atoms with Crippen LogP contribution < -0.4 is 5.32 Å². The molecule has 0 radical (unpaired) electrons. The Balaban J connectivity index is 1.67. The fraction of sp³-hybridized carbons (Fsp3) is 0.625. The number of fused-ring (bicyclic) bond motifs is 1. The molecule has 0 spiro atoms. The summed E-state index contributed by atoms with van der Waals surface area (Å²) in [6.45, 7) is 2.30. The Bertz CT molecular complexity index is 446. The number of likely N-dealkylation sites (N-methyl/N-ethyl adjacent to an activating group) is 1. The van der Waals surface area contributed by atoms with E-state index < -0.39 is 0 Å². The smallest absolute Gasteiger partial charge is 0.115 e. The van der Waals surface area contributed by atoms with Gasteiger partial charge >= 0.3 is 0 Å². The van der Waals surface area contributed by atoms with Crippen LogP contribution in [0.15, 0.2) is 18.2 Å².